The van der Waals surface area contributed by atoms with Crippen molar-refractivity contribution in [2.75, 3.05) is 18.4 Å². The van der Waals surface area contributed by atoms with Crippen molar-refractivity contribution in [2.45, 2.75) is 31.4 Å². The van der Waals surface area contributed by atoms with E-state index in [4.69, 9.17) is 4.74 Å². The number of ether oxygens (including phenoxy) is 1. The molecule has 5 heterocycles. The number of aromatic nitrogens is 1. The van der Waals surface area contributed by atoms with Crippen molar-refractivity contribution < 1.29 is 9.53 Å². The second-order valence-electron chi connectivity index (χ2n) is 7.65. The molecule has 1 aromatic carbocycles. The maximum Gasteiger partial charge on any atom is 0.412 e. The molecule has 28 heavy (non-hydrogen) atoms. The van der Waals surface area contributed by atoms with Gasteiger partial charge in [-0.05, 0) is 50.0 Å². The molecule has 3 saturated heterocycles. The van der Waals surface area contributed by atoms with Gasteiger partial charge in [0, 0.05) is 33.8 Å². The van der Waals surface area contributed by atoms with Crippen LogP contribution in [0.4, 0.5) is 10.5 Å². The van der Waals surface area contributed by atoms with Crippen LogP contribution >= 0.6 is 11.3 Å². The Morgan fingerprint density at radius 3 is 2.89 bits per heavy atom. The lowest BCUT2D eigenvalue weighted by Gasteiger charge is -2.50. The van der Waals surface area contributed by atoms with Gasteiger partial charge < -0.3 is 4.74 Å². The molecule has 0 unspecified atom stereocenters. The van der Waals surface area contributed by atoms with Gasteiger partial charge in [0.05, 0.1) is 11.7 Å². The van der Waals surface area contributed by atoms with Crippen LogP contribution in [0.5, 0.6) is 0 Å². The van der Waals surface area contributed by atoms with Gasteiger partial charge in [0.15, 0.2) is 0 Å². The van der Waals surface area contributed by atoms with Gasteiger partial charge >= 0.3 is 6.09 Å². The number of thiophene rings is 1. The molecule has 0 saturated carbocycles. The number of pyridine rings is 1. The highest BCUT2D eigenvalue weighted by Gasteiger charge is 2.44. The number of rotatable bonds is 4. The molecule has 3 aliphatic heterocycles. The van der Waals surface area contributed by atoms with Crippen molar-refractivity contribution in [3.8, 4) is 0 Å². The van der Waals surface area contributed by atoms with E-state index in [0.29, 0.717) is 5.92 Å². The van der Waals surface area contributed by atoms with Crippen molar-refractivity contribution in [1.29, 1.82) is 0 Å². The van der Waals surface area contributed by atoms with Crippen molar-refractivity contribution in [3.63, 3.8) is 0 Å². The van der Waals surface area contributed by atoms with Crippen LogP contribution in [-0.4, -0.2) is 41.2 Å². The summed E-state index contributed by atoms with van der Waals surface area (Å²) in [7, 11) is 0. The maximum atomic E-state index is 12.7. The third-order valence-electron chi connectivity index (χ3n) is 6.02. The first-order chi connectivity index (χ1) is 13.8. The minimum absolute atomic E-state index is 0.0763. The van der Waals surface area contributed by atoms with E-state index < -0.39 is 0 Å². The predicted octanol–water partition coefficient (Wildman–Crippen LogP) is 4.55. The number of benzene rings is 1. The zero-order valence-corrected chi connectivity index (χ0v) is 16.4. The Kier molecular flexibility index (Phi) is 4.74. The van der Waals surface area contributed by atoms with E-state index in [1.165, 1.54) is 5.56 Å². The average molecular weight is 394 g/mol. The highest BCUT2D eigenvalue weighted by molar-refractivity contribution is 7.17. The van der Waals surface area contributed by atoms with Crippen LogP contribution in [0.2, 0.25) is 0 Å². The molecule has 1 amide bonds. The molecule has 2 atom stereocenters. The SMILES string of the molecule is O=C(Nc1csc2ccccc12)O[C@H]1C2CCN(CC2)[C@@H]1Cc1cccnc1. The average Bonchev–Trinajstić information content (AvgIpc) is 3.14. The van der Waals surface area contributed by atoms with Crippen molar-refractivity contribution in [3.05, 3.63) is 59.7 Å². The number of carbonyl (C=O) groups excluding carboxylic acids is 1. The van der Waals surface area contributed by atoms with Crippen LogP contribution in [0, 0.1) is 5.92 Å². The minimum Gasteiger partial charge on any atom is -0.444 e. The zero-order chi connectivity index (χ0) is 18.9. The lowest BCUT2D eigenvalue weighted by atomic mass is 9.78. The second kappa shape index (κ2) is 7.53. The van der Waals surface area contributed by atoms with Crippen molar-refractivity contribution in [2.24, 2.45) is 5.92 Å². The van der Waals surface area contributed by atoms with E-state index in [0.717, 1.165) is 48.1 Å². The first-order valence-electron chi connectivity index (χ1n) is 9.85. The third-order valence-corrected chi connectivity index (χ3v) is 6.98. The second-order valence-corrected chi connectivity index (χ2v) is 8.56. The van der Waals surface area contributed by atoms with E-state index >= 15 is 0 Å². The summed E-state index contributed by atoms with van der Waals surface area (Å²) in [6.07, 6.45) is 6.35. The summed E-state index contributed by atoms with van der Waals surface area (Å²) in [4.78, 5) is 19.5. The standard InChI is InChI=1S/C22H23N3O2S/c26-22(24-18-14-28-20-6-2-1-5-17(18)20)27-21-16-7-10-25(11-8-16)19(21)12-15-4-3-9-23-13-15/h1-6,9,13-14,16,19,21H,7-8,10-12H2,(H,24,26)/t19-,21+/m1/s1. The number of hydrogen-bond acceptors (Lipinski definition) is 5. The van der Waals surface area contributed by atoms with Gasteiger partial charge in [0.2, 0.25) is 0 Å². The summed E-state index contributed by atoms with van der Waals surface area (Å²) in [5.41, 5.74) is 2.02. The Hall–Kier alpha value is -2.44. The van der Waals surface area contributed by atoms with Crippen molar-refractivity contribution >= 4 is 33.2 Å². The van der Waals surface area contributed by atoms with Gasteiger partial charge in [-0.1, -0.05) is 24.3 Å². The van der Waals surface area contributed by atoms with Gasteiger partial charge in [-0.15, -0.1) is 11.3 Å². The van der Waals surface area contributed by atoms with Crippen LogP contribution < -0.4 is 5.32 Å². The molecule has 2 aromatic heterocycles. The summed E-state index contributed by atoms with van der Waals surface area (Å²) in [5, 5.41) is 6.02. The molecular weight excluding hydrogens is 370 g/mol. The summed E-state index contributed by atoms with van der Waals surface area (Å²) >= 11 is 1.63. The van der Waals surface area contributed by atoms with E-state index in [9.17, 15) is 4.79 Å². The van der Waals surface area contributed by atoms with Gasteiger partial charge in [0.1, 0.15) is 6.10 Å². The quantitative estimate of drug-likeness (QED) is 0.706. The number of piperidine rings is 3. The number of nitrogens with zero attached hydrogens (tertiary/aromatic N) is 2. The van der Waals surface area contributed by atoms with E-state index in [1.807, 2.05) is 35.8 Å². The van der Waals surface area contributed by atoms with Gasteiger partial charge in [-0.2, -0.15) is 0 Å². The van der Waals surface area contributed by atoms with Crippen LogP contribution in [-0.2, 0) is 11.2 Å². The molecule has 2 bridgehead atoms. The fourth-order valence-corrected chi connectivity index (χ4v) is 5.51. The molecular formula is C22H23N3O2S. The van der Waals surface area contributed by atoms with Gasteiger partial charge in [-0.25, -0.2) is 4.79 Å². The molecule has 6 rings (SSSR count). The van der Waals surface area contributed by atoms with Crippen LogP contribution in [0.15, 0.2) is 54.2 Å². The normalized spacial score (nSPS) is 26.3. The third kappa shape index (κ3) is 3.38. The number of nitrogens with one attached hydrogen (secondary N) is 1. The first kappa shape index (κ1) is 17.6. The highest BCUT2D eigenvalue weighted by atomic mass is 32.1. The molecule has 0 spiro atoms. The smallest absolute Gasteiger partial charge is 0.412 e. The number of carbonyl (C=O) groups is 1. The summed E-state index contributed by atoms with van der Waals surface area (Å²) in [5.74, 6) is 0.441. The van der Waals surface area contributed by atoms with Gasteiger partial charge in [-0.3, -0.25) is 15.2 Å². The van der Waals surface area contributed by atoms with Gasteiger partial charge in [0.25, 0.3) is 0 Å². The van der Waals surface area contributed by atoms with Crippen LogP contribution in [0.3, 0.4) is 0 Å². The van der Waals surface area contributed by atoms with Crippen molar-refractivity contribution in [1.82, 2.24) is 9.88 Å². The van der Waals surface area contributed by atoms with E-state index in [1.54, 1.807) is 17.5 Å². The first-order valence-corrected chi connectivity index (χ1v) is 10.7. The van der Waals surface area contributed by atoms with E-state index in [-0.39, 0.29) is 18.2 Å². The Bertz CT molecular complexity index is 966. The number of hydrogen-bond donors (Lipinski definition) is 1. The molecule has 0 aliphatic carbocycles. The molecule has 0 radical (unpaired) electrons. The largest absolute Gasteiger partial charge is 0.444 e. The lowest BCUT2D eigenvalue weighted by molar-refractivity contribution is -0.0741. The van der Waals surface area contributed by atoms with Crippen LogP contribution in [0.25, 0.3) is 10.1 Å². The number of amides is 1. The highest BCUT2D eigenvalue weighted by Crippen LogP contribution is 2.36. The fourth-order valence-electron chi connectivity index (χ4n) is 4.62. The number of anilines is 1. The predicted molar refractivity (Wildman–Crippen MR) is 112 cm³/mol. The fraction of sp³-hybridized carbons (Fsp3) is 0.364. The molecule has 144 valence electrons. The summed E-state index contributed by atoms with van der Waals surface area (Å²) in [6, 6.07) is 12.4. The molecule has 6 heteroatoms. The molecule has 1 N–H and O–H groups in total. The lowest BCUT2D eigenvalue weighted by Crippen LogP contribution is -2.60. The summed E-state index contributed by atoms with van der Waals surface area (Å²) < 4.78 is 7.19. The molecule has 5 nitrogen and oxygen atoms in total. The molecule has 3 fully saturated rings. The Labute approximate surface area is 168 Å². The number of fused-ring (bicyclic) bond motifs is 4. The topological polar surface area (TPSA) is 54.5 Å². The molecule has 3 aromatic rings. The Morgan fingerprint density at radius 1 is 1.21 bits per heavy atom. The molecule has 3 aliphatic rings. The monoisotopic (exact) mass is 393 g/mol. The summed E-state index contributed by atoms with van der Waals surface area (Å²) in [6.45, 7) is 2.18. The minimum atomic E-state index is -0.349. The van der Waals surface area contributed by atoms with Crippen LogP contribution in [0.1, 0.15) is 18.4 Å². The maximum absolute atomic E-state index is 12.7. The Balaban J connectivity index is 1.32. The van der Waals surface area contributed by atoms with E-state index in [2.05, 4.69) is 27.3 Å². The Morgan fingerprint density at radius 2 is 2.07 bits per heavy atom. The zero-order valence-electron chi connectivity index (χ0n) is 15.6.